The van der Waals surface area contributed by atoms with Crippen LogP contribution in [0.1, 0.15) is 52.0 Å². The minimum absolute atomic E-state index is 0.159. The zero-order valence-electron chi connectivity index (χ0n) is 12.4. The maximum absolute atomic E-state index is 12.7. The molecule has 1 N–H and O–H groups in total. The summed E-state index contributed by atoms with van der Waals surface area (Å²) in [5, 5.41) is 7.65. The van der Waals surface area contributed by atoms with Crippen molar-refractivity contribution in [2.24, 2.45) is 11.8 Å². The van der Waals surface area contributed by atoms with Crippen LogP contribution in [0.3, 0.4) is 0 Å². The van der Waals surface area contributed by atoms with Gasteiger partial charge in [-0.05, 0) is 49.3 Å². The lowest BCUT2D eigenvalue weighted by Gasteiger charge is -2.18. The van der Waals surface area contributed by atoms with Crippen LogP contribution in [0.2, 0.25) is 0 Å². The Labute approximate surface area is 116 Å². The fraction of sp³-hybridized carbons (Fsp3) is 0.588. The number of hydrogen-bond acceptors (Lipinski definition) is 1. The molecule has 0 amide bonds. The first kappa shape index (κ1) is 15.9. The lowest BCUT2D eigenvalue weighted by Crippen LogP contribution is -2.15. The van der Waals surface area contributed by atoms with Gasteiger partial charge >= 0.3 is 0 Å². The number of halogens is 1. The first-order valence-corrected chi connectivity index (χ1v) is 7.30. The molecule has 1 nitrogen and oxygen atoms in total. The van der Waals surface area contributed by atoms with Crippen LogP contribution < -0.4 is 0 Å². The van der Waals surface area contributed by atoms with Crippen molar-refractivity contribution < 1.29 is 4.39 Å². The van der Waals surface area contributed by atoms with Crippen LogP contribution in [-0.4, -0.2) is 5.71 Å². The summed E-state index contributed by atoms with van der Waals surface area (Å²) in [5.74, 6) is 0.842. The van der Waals surface area contributed by atoms with Gasteiger partial charge in [0, 0.05) is 5.71 Å². The summed E-state index contributed by atoms with van der Waals surface area (Å²) >= 11 is 0. The molecular formula is C17H26FN. The number of rotatable bonds is 8. The van der Waals surface area contributed by atoms with Crippen LogP contribution in [0.15, 0.2) is 24.3 Å². The van der Waals surface area contributed by atoms with Gasteiger partial charge in [-0.3, -0.25) is 0 Å². The molecule has 19 heavy (non-hydrogen) atoms. The number of aryl methyl sites for hydroxylation is 1. The van der Waals surface area contributed by atoms with E-state index in [1.54, 1.807) is 0 Å². The predicted molar refractivity (Wildman–Crippen MR) is 80.3 cm³/mol. The first-order valence-electron chi connectivity index (χ1n) is 7.30. The Balaban J connectivity index is 2.14. The minimum Gasteiger partial charge on any atom is -0.310 e. The van der Waals surface area contributed by atoms with Crippen LogP contribution >= 0.6 is 0 Å². The molecule has 0 aliphatic heterocycles. The van der Waals surface area contributed by atoms with Gasteiger partial charge in [0.25, 0.3) is 0 Å². The van der Waals surface area contributed by atoms with Gasteiger partial charge in [-0.1, -0.05) is 45.2 Å². The average Bonchev–Trinajstić information content (AvgIpc) is 2.39. The number of hydrogen-bond donors (Lipinski definition) is 1. The topological polar surface area (TPSA) is 23.9 Å². The summed E-state index contributed by atoms with van der Waals surface area (Å²) in [6, 6.07) is 6.81. The van der Waals surface area contributed by atoms with E-state index in [0.29, 0.717) is 11.8 Å². The molecule has 0 bridgehead atoms. The molecular weight excluding hydrogens is 237 g/mol. The van der Waals surface area contributed by atoms with E-state index in [4.69, 9.17) is 5.41 Å². The van der Waals surface area contributed by atoms with Crippen LogP contribution in [-0.2, 0) is 6.42 Å². The lowest BCUT2D eigenvalue weighted by atomic mass is 9.87. The van der Waals surface area contributed by atoms with Crippen molar-refractivity contribution in [3.63, 3.8) is 0 Å². The fourth-order valence-electron chi connectivity index (χ4n) is 2.30. The van der Waals surface area contributed by atoms with Crippen LogP contribution in [0, 0.1) is 23.1 Å². The molecule has 0 radical (unpaired) electrons. The van der Waals surface area contributed by atoms with Gasteiger partial charge in [0.1, 0.15) is 5.82 Å². The quantitative estimate of drug-likeness (QED) is 0.490. The third kappa shape index (κ3) is 6.00. The Hall–Kier alpha value is -1.18. The fourth-order valence-corrected chi connectivity index (χ4v) is 2.30. The molecule has 2 heteroatoms. The van der Waals surface area contributed by atoms with E-state index >= 15 is 0 Å². The molecule has 0 heterocycles. The molecule has 0 saturated heterocycles. The highest BCUT2D eigenvalue weighted by Gasteiger charge is 2.13. The molecule has 0 aromatic heterocycles. The van der Waals surface area contributed by atoms with Gasteiger partial charge in [-0.2, -0.15) is 0 Å². The summed E-state index contributed by atoms with van der Waals surface area (Å²) in [7, 11) is 0. The second-order valence-corrected chi connectivity index (χ2v) is 5.67. The van der Waals surface area contributed by atoms with E-state index < -0.39 is 0 Å². The highest BCUT2D eigenvalue weighted by molar-refractivity contribution is 5.81. The molecule has 0 saturated carbocycles. The van der Waals surface area contributed by atoms with Crippen molar-refractivity contribution in [1.29, 1.82) is 5.41 Å². The highest BCUT2D eigenvalue weighted by atomic mass is 19.1. The van der Waals surface area contributed by atoms with Crippen molar-refractivity contribution in [3.8, 4) is 0 Å². The molecule has 1 aromatic carbocycles. The van der Waals surface area contributed by atoms with Gasteiger partial charge in [0.05, 0.1) is 0 Å². The summed E-state index contributed by atoms with van der Waals surface area (Å²) in [6.45, 7) is 6.28. The van der Waals surface area contributed by atoms with E-state index in [2.05, 4.69) is 13.8 Å². The molecule has 2 unspecified atom stereocenters. The Bertz CT molecular complexity index is 383. The smallest absolute Gasteiger partial charge is 0.123 e. The molecule has 2 atom stereocenters. The van der Waals surface area contributed by atoms with Gasteiger partial charge < -0.3 is 5.41 Å². The monoisotopic (exact) mass is 263 g/mol. The molecule has 1 rings (SSSR count). The standard InChI is InChI=1S/C17H26FN/c1-13(14(2)15(3)19)7-5-4-6-8-16-9-11-17(18)12-10-16/h9-14,19H,4-8H2,1-3H3. The van der Waals surface area contributed by atoms with Crippen LogP contribution in [0.4, 0.5) is 4.39 Å². The molecule has 0 aliphatic carbocycles. The van der Waals surface area contributed by atoms with E-state index in [1.165, 1.54) is 37.0 Å². The van der Waals surface area contributed by atoms with Gasteiger partial charge in [-0.15, -0.1) is 0 Å². The minimum atomic E-state index is -0.159. The summed E-state index contributed by atoms with van der Waals surface area (Å²) in [4.78, 5) is 0. The van der Waals surface area contributed by atoms with Crippen LogP contribution in [0.25, 0.3) is 0 Å². The van der Waals surface area contributed by atoms with Gasteiger partial charge in [0.15, 0.2) is 0 Å². The molecule has 0 aliphatic rings. The third-order valence-corrected chi connectivity index (χ3v) is 4.07. The maximum Gasteiger partial charge on any atom is 0.123 e. The Kier molecular flexibility index (Phi) is 6.75. The van der Waals surface area contributed by atoms with E-state index in [0.717, 1.165) is 18.6 Å². The third-order valence-electron chi connectivity index (χ3n) is 4.07. The van der Waals surface area contributed by atoms with Gasteiger partial charge in [0.2, 0.25) is 0 Å². The zero-order chi connectivity index (χ0) is 14.3. The summed E-state index contributed by atoms with van der Waals surface area (Å²) in [6.07, 6.45) is 5.83. The Morgan fingerprint density at radius 1 is 1.11 bits per heavy atom. The number of benzene rings is 1. The summed E-state index contributed by atoms with van der Waals surface area (Å²) in [5.41, 5.74) is 2.01. The Morgan fingerprint density at radius 2 is 1.74 bits per heavy atom. The zero-order valence-corrected chi connectivity index (χ0v) is 12.4. The molecule has 0 fully saturated rings. The van der Waals surface area contributed by atoms with E-state index in [9.17, 15) is 4.39 Å². The van der Waals surface area contributed by atoms with Gasteiger partial charge in [-0.25, -0.2) is 4.39 Å². The maximum atomic E-state index is 12.7. The molecule has 1 aromatic rings. The van der Waals surface area contributed by atoms with Crippen LogP contribution in [0.5, 0.6) is 0 Å². The largest absolute Gasteiger partial charge is 0.310 e. The second kappa shape index (κ2) is 8.08. The summed E-state index contributed by atoms with van der Waals surface area (Å²) < 4.78 is 12.7. The number of nitrogens with one attached hydrogen (secondary N) is 1. The lowest BCUT2D eigenvalue weighted by molar-refractivity contribution is 0.423. The first-order chi connectivity index (χ1) is 9.00. The van der Waals surface area contributed by atoms with Crippen molar-refractivity contribution in [2.75, 3.05) is 0 Å². The number of unbranched alkanes of at least 4 members (excludes halogenated alkanes) is 2. The van der Waals surface area contributed by atoms with E-state index in [1.807, 2.05) is 19.1 Å². The van der Waals surface area contributed by atoms with Crippen molar-refractivity contribution in [1.82, 2.24) is 0 Å². The average molecular weight is 263 g/mol. The van der Waals surface area contributed by atoms with Crippen molar-refractivity contribution >= 4 is 5.71 Å². The van der Waals surface area contributed by atoms with E-state index in [-0.39, 0.29) is 5.82 Å². The highest BCUT2D eigenvalue weighted by Crippen LogP contribution is 2.19. The predicted octanol–water partition coefficient (Wildman–Crippen LogP) is 5.24. The second-order valence-electron chi connectivity index (χ2n) is 5.67. The Morgan fingerprint density at radius 3 is 2.32 bits per heavy atom. The van der Waals surface area contributed by atoms with Crippen molar-refractivity contribution in [2.45, 2.75) is 52.9 Å². The SMILES string of the molecule is CC(=N)C(C)C(C)CCCCCc1ccc(F)cc1. The molecule has 106 valence electrons. The van der Waals surface area contributed by atoms with Crippen molar-refractivity contribution in [3.05, 3.63) is 35.6 Å². The molecule has 0 spiro atoms. The normalized spacial score (nSPS) is 14.1.